The van der Waals surface area contributed by atoms with E-state index < -0.39 is 35.3 Å². The molecule has 0 aromatic heterocycles. The third-order valence-electron chi connectivity index (χ3n) is 9.05. The number of unbranched alkanes of at least 4 members (excludes halogenated alkanes) is 2. The van der Waals surface area contributed by atoms with Gasteiger partial charge in [0, 0.05) is 12.5 Å². The van der Waals surface area contributed by atoms with Gasteiger partial charge in [-0.15, -0.1) is 10.1 Å². The van der Waals surface area contributed by atoms with E-state index in [1.54, 1.807) is 12.1 Å². The van der Waals surface area contributed by atoms with Crippen molar-refractivity contribution in [2.75, 3.05) is 26.9 Å². The number of carbonyl (C=O) groups excluding carboxylic acids is 3. The number of hydrogen-bond acceptors (Lipinski definition) is 12. The van der Waals surface area contributed by atoms with Crippen molar-refractivity contribution in [3.8, 4) is 11.5 Å². The molecule has 0 unspecified atom stereocenters. The number of amides is 1. The summed E-state index contributed by atoms with van der Waals surface area (Å²) in [4.78, 5) is 50.9. The maximum atomic E-state index is 12.4. The molecule has 1 saturated carbocycles. The molecule has 1 aliphatic rings. The zero-order chi connectivity index (χ0) is 38.4. The number of nitrogens with one attached hydrogen (secondary N) is 1. The van der Waals surface area contributed by atoms with Crippen LogP contribution in [0.15, 0.2) is 66.8 Å². The standard InChI is InChI=1S/C39H52N2O12/c1-50-36-25-29(17-22-38(46)51-23-9-10-24-52-41(48)49)16-21-35(36)53-39(47)27-40-37(45)14-8-3-2-7-13-31-32(34(44)26-33(31)43)20-19-30(42)18-15-28-11-5-4-6-12-28/h2,4-7,11-12,16-17,21-22,25,30-34,42-44H,3,8-10,13-15,18-20,23-24,26-27H2,1H3,(H,40,45)/t30-,31+,32+,33-,34+/m0/s1. The van der Waals surface area contributed by atoms with E-state index in [-0.39, 0.29) is 55.4 Å². The zero-order valence-corrected chi connectivity index (χ0v) is 30.2. The van der Waals surface area contributed by atoms with Crippen LogP contribution in [0.5, 0.6) is 11.5 Å². The quantitative estimate of drug-likeness (QED) is 0.0223. The summed E-state index contributed by atoms with van der Waals surface area (Å²) >= 11 is 0. The Balaban J connectivity index is 1.31. The number of rotatable bonds is 24. The number of aliphatic hydroxyl groups is 3. The average Bonchev–Trinajstić information content (AvgIpc) is 3.42. The molecule has 290 valence electrons. The van der Waals surface area contributed by atoms with E-state index in [9.17, 15) is 39.8 Å². The van der Waals surface area contributed by atoms with E-state index >= 15 is 0 Å². The number of aryl methyl sites for hydroxylation is 1. The minimum absolute atomic E-state index is 0.0737. The molecule has 0 saturated heterocycles. The smallest absolute Gasteiger partial charge is 0.330 e. The molecule has 14 heteroatoms. The highest BCUT2D eigenvalue weighted by Gasteiger charge is 2.40. The second kappa shape index (κ2) is 23.7. The third-order valence-corrected chi connectivity index (χ3v) is 9.05. The Morgan fingerprint density at radius 2 is 1.74 bits per heavy atom. The van der Waals surface area contributed by atoms with E-state index in [1.165, 1.54) is 30.9 Å². The monoisotopic (exact) mass is 740 g/mol. The summed E-state index contributed by atoms with van der Waals surface area (Å²) in [6, 6.07) is 14.7. The minimum Gasteiger partial charge on any atom is -0.493 e. The molecule has 0 bridgehead atoms. The van der Waals surface area contributed by atoms with Gasteiger partial charge in [-0.1, -0.05) is 48.6 Å². The van der Waals surface area contributed by atoms with Crippen LogP contribution in [0.25, 0.3) is 6.08 Å². The van der Waals surface area contributed by atoms with Gasteiger partial charge in [0.1, 0.15) is 6.54 Å². The number of ether oxygens (including phenoxy) is 3. The minimum atomic E-state index is -0.879. The predicted octanol–water partition coefficient (Wildman–Crippen LogP) is 4.51. The predicted molar refractivity (Wildman–Crippen MR) is 195 cm³/mol. The first-order chi connectivity index (χ1) is 25.5. The number of methoxy groups -OCH3 is 1. The third kappa shape index (κ3) is 16.6. The lowest BCUT2D eigenvalue weighted by atomic mass is 9.85. The van der Waals surface area contributed by atoms with Crippen molar-refractivity contribution < 1.29 is 53.8 Å². The Hall–Kier alpha value is -4.79. The van der Waals surface area contributed by atoms with Crippen molar-refractivity contribution in [1.29, 1.82) is 0 Å². The van der Waals surface area contributed by atoms with Gasteiger partial charge in [-0.25, -0.2) is 9.59 Å². The Morgan fingerprint density at radius 3 is 2.49 bits per heavy atom. The fourth-order valence-corrected chi connectivity index (χ4v) is 6.18. The van der Waals surface area contributed by atoms with Gasteiger partial charge >= 0.3 is 11.9 Å². The topological polar surface area (TPSA) is 204 Å². The molecular formula is C39H52N2O12. The number of nitrogens with zero attached hydrogens (tertiary/aromatic N) is 1. The van der Waals surface area contributed by atoms with E-state index in [0.717, 1.165) is 6.42 Å². The van der Waals surface area contributed by atoms with Gasteiger partial charge in [0.05, 0.1) is 38.6 Å². The first-order valence-electron chi connectivity index (χ1n) is 18.1. The van der Waals surface area contributed by atoms with Crippen molar-refractivity contribution in [2.45, 2.75) is 88.9 Å². The summed E-state index contributed by atoms with van der Waals surface area (Å²) in [7, 11) is 1.39. The van der Waals surface area contributed by atoms with Gasteiger partial charge in [0.25, 0.3) is 5.09 Å². The molecule has 4 N–H and O–H groups in total. The van der Waals surface area contributed by atoms with Crippen molar-refractivity contribution in [3.63, 3.8) is 0 Å². The second-order valence-corrected chi connectivity index (χ2v) is 13.0. The largest absolute Gasteiger partial charge is 0.493 e. The van der Waals surface area contributed by atoms with Crippen LogP contribution in [0, 0.1) is 22.0 Å². The fraction of sp³-hybridized carbons (Fsp3) is 0.513. The van der Waals surface area contributed by atoms with Crippen LogP contribution in [-0.4, -0.2) is 83.4 Å². The summed E-state index contributed by atoms with van der Waals surface area (Å²) < 4.78 is 15.7. The first-order valence-corrected chi connectivity index (χ1v) is 18.1. The van der Waals surface area contributed by atoms with Gasteiger partial charge in [-0.05, 0) is 105 Å². The zero-order valence-electron chi connectivity index (χ0n) is 30.2. The molecule has 14 nitrogen and oxygen atoms in total. The van der Waals surface area contributed by atoms with E-state index in [2.05, 4.69) is 10.2 Å². The molecule has 2 aromatic rings. The lowest BCUT2D eigenvalue weighted by molar-refractivity contribution is -0.757. The van der Waals surface area contributed by atoms with Crippen molar-refractivity contribution in [1.82, 2.24) is 5.32 Å². The molecule has 2 aromatic carbocycles. The van der Waals surface area contributed by atoms with Crippen molar-refractivity contribution >= 4 is 23.9 Å². The van der Waals surface area contributed by atoms with E-state index in [1.807, 2.05) is 42.5 Å². The number of carbonyl (C=O) groups is 3. The lowest BCUT2D eigenvalue weighted by Gasteiger charge is -2.23. The van der Waals surface area contributed by atoms with Crippen LogP contribution in [-0.2, 0) is 30.4 Å². The molecule has 0 heterocycles. The molecular weight excluding hydrogens is 688 g/mol. The van der Waals surface area contributed by atoms with E-state index in [0.29, 0.717) is 63.4 Å². The van der Waals surface area contributed by atoms with E-state index in [4.69, 9.17) is 14.2 Å². The Kier molecular flexibility index (Phi) is 19.1. The highest BCUT2D eigenvalue weighted by molar-refractivity contribution is 5.87. The molecule has 0 spiro atoms. The molecule has 1 aliphatic carbocycles. The Labute approximate surface area is 309 Å². The maximum absolute atomic E-state index is 12.4. The summed E-state index contributed by atoms with van der Waals surface area (Å²) in [5.74, 6) is -1.41. The highest BCUT2D eigenvalue weighted by atomic mass is 16.9. The number of aliphatic hydroxyl groups excluding tert-OH is 3. The molecule has 53 heavy (non-hydrogen) atoms. The number of hydrogen-bond donors (Lipinski definition) is 4. The van der Waals surface area contributed by atoms with Crippen LogP contribution in [0.4, 0.5) is 0 Å². The van der Waals surface area contributed by atoms with Gasteiger partial charge in [0.2, 0.25) is 5.91 Å². The van der Waals surface area contributed by atoms with Crippen LogP contribution in [0.2, 0.25) is 0 Å². The van der Waals surface area contributed by atoms with Crippen LogP contribution in [0.1, 0.15) is 75.3 Å². The first kappa shape index (κ1) is 42.6. The summed E-state index contributed by atoms with van der Waals surface area (Å²) in [5.41, 5.74) is 1.75. The highest BCUT2D eigenvalue weighted by Crippen LogP contribution is 2.38. The maximum Gasteiger partial charge on any atom is 0.330 e. The molecule has 1 fully saturated rings. The van der Waals surface area contributed by atoms with Crippen LogP contribution < -0.4 is 14.8 Å². The SMILES string of the molecule is COc1cc(C=CC(=O)OCCCCO[N+](=O)[O-])ccc1OC(=O)CNC(=O)CCCC=CC[C@@H]1[C@@H](CC[C@@H](O)CCc2ccccc2)[C@H](O)C[C@@H]1O. The molecule has 1 amide bonds. The molecule has 5 atom stereocenters. The second-order valence-electron chi connectivity index (χ2n) is 13.0. The number of benzene rings is 2. The van der Waals surface area contributed by atoms with Crippen molar-refractivity contribution in [3.05, 3.63) is 88.0 Å². The van der Waals surface area contributed by atoms with Gasteiger partial charge in [-0.3, -0.25) is 4.79 Å². The fourth-order valence-electron chi connectivity index (χ4n) is 6.18. The average molecular weight is 741 g/mol. The summed E-state index contributed by atoms with van der Waals surface area (Å²) in [6.45, 7) is -0.330. The Morgan fingerprint density at radius 1 is 0.981 bits per heavy atom. The molecule has 3 rings (SSSR count). The van der Waals surface area contributed by atoms with Gasteiger partial charge in [0.15, 0.2) is 11.5 Å². The summed E-state index contributed by atoms with van der Waals surface area (Å²) in [6.07, 6.45) is 10.7. The van der Waals surface area contributed by atoms with Gasteiger partial charge < -0.3 is 39.7 Å². The van der Waals surface area contributed by atoms with Crippen LogP contribution in [0.3, 0.4) is 0 Å². The normalized spacial score (nSPS) is 18.9. The summed E-state index contributed by atoms with van der Waals surface area (Å²) in [5, 5.41) is 43.4. The number of esters is 2. The van der Waals surface area contributed by atoms with Gasteiger partial charge in [-0.2, -0.15) is 0 Å². The number of allylic oxidation sites excluding steroid dienone is 2. The molecule has 0 radical (unpaired) electrons. The molecule has 0 aliphatic heterocycles. The Bertz CT molecular complexity index is 1500. The van der Waals surface area contributed by atoms with Crippen molar-refractivity contribution in [2.24, 2.45) is 11.8 Å². The lowest BCUT2D eigenvalue weighted by Crippen LogP contribution is -2.31. The van der Waals surface area contributed by atoms with Crippen LogP contribution >= 0.6 is 0 Å².